The average molecular weight is 428 g/mol. The Bertz CT molecular complexity index is 892. The van der Waals surface area contributed by atoms with Gasteiger partial charge in [0.15, 0.2) is 0 Å². The summed E-state index contributed by atoms with van der Waals surface area (Å²) in [6.07, 6.45) is 4.33. The first-order valence-corrected chi connectivity index (χ1v) is 10.6. The Kier molecular flexibility index (Phi) is 5.22. The number of nitrogens with zero attached hydrogens (tertiary/aromatic N) is 1. The van der Waals surface area contributed by atoms with Crippen LogP contribution in [0.1, 0.15) is 36.0 Å². The molecule has 3 rings (SSSR count). The molecule has 136 valence electrons. The van der Waals surface area contributed by atoms with E-state index in [1.807, 2.05) is 0 Å². The van der Waals surface area contributed by atoms with Crippen molar-refractivity contribution in [2.75, 3.05) is 14.1 Å². The largest absolute Gasteiger partial charge is 0.348 e. The van der Waals surface area contributed by atoms with Crippen molar-refractivity contribution in [1.29, 1.82) is 0 Å². The highest BCUT2D eigenvalue weighted by Crippen LogP contribution is 2.25. The number of carbonyl (C=O) groups excluding carboxylic acids is 1. The summed E-state index contributed by atoms with van der Waals surface area (Å²) in [5.74, 6) is -0.134. The third-order valence-corrected chi connectivity index (χ3v) is 7.45. The number of hydrogen-bond acceptors (Lipinski definition) is 3. The molecule has 8 heteroatoms. The Hall–Kier alpha value is -1.38. The molecule has 1 fully saturated rings. The summed E-state index contributed by atoms with van der Waals surface area (Å²) in [5, 5.41) is 3.96. The lowest BCUT2D eigenvalue weighted by molar-refractivity contribution is 0.0930. The molecular weight excluding hydrogens is 406 g/mol. The highest BCUT2D eigenvalue weighted by molar-refractivity contribution is 9.09. The van der Waals surface area contributed by atoms with Gasteiger partial charge in [0.1, 0.15) is 5.03 Å². The minimum Gasteiger partial charge on any atom is -0.348 e. The summed E-state index contributed by atoms with van der Waals surface area (Å²) >= 11 is 3.64. The van der Waals surface area contributed by atoms with Gasteiger partial charge in [-0.1, -0.05) is 34.8 Å². The van der Waals surface area contributed by atoms with Gasteiger partial charge in [-0.3, -0.25) is 4.79 Å². The van der Waals surface area contributed by atoms with E-state index in [-0.39, 0.29) is 17.0 Å². The molecule has 0 saturated heterocycles. The second-order valence-electron chi connectivity index (χ2n) is 6.60. The SMILES string of the molecule is CN(C)S(=O)(=O)c1cc2ccc(C(=O)NC3CCCCC3Br)cc2[nH]1. The van der Waals surface area contributed by atoms with Crippen LogP contribution in [0.3, 0.4) is 0 Å². The van der Waals surface area contributed by atoms with E-state index < -0.39 is 10.0 Å². The molecule has 1 heterocycles. The van der Waals surface area contributed by atoms with Crippen LogP contribution in [0.5, 0.6) is 0 Å². The first-order valence-electron chi connectivity index (χ1n) is 8.29. The minimum absolute atomic E-state index is 0.123. The van der Waals surface area contributed by atoms with Gasteiger partial charge in [-0.05, 0) is 31.0 Å². The molecule has 2 aromatic rings. The molecule has 2 N–H and O–H groups in total. The number of aromatic amines is 1. The van der Waals surface area contributed by atoms with Crippen LogP contribution in [0.15, 0.2) is 29.3 Å². The molecule has 1 aliphatic carbocycles. The summed E-state index contributed by atoms with van der Waals surface area (Å²) in [4.78, 5) is 15.7. The Morgan fingerprint density at radius 2 is 1.96 bits per heavy atom. The lowest BCUT2D eigenvalue weighted by Crippen LogP contribution is -2.42. The Morgan fingerprint density at radius 1 is 1.24 bits per heavy atom. The number of aromatic nitrogens is 1. The van der Waals surface area contributed by atoms with Crippen molar-refractivity contribution in [3.05, 3.63) is 29.8 Å². The average Bonchev–Trinajstić information content (AvgIpc) is 3.00. The number of sulfonamides is 1. The maximum atomic E-state index is 12.5. The van der Waals surface area contributed by atoms with E-state index in [0.29, 0.717) is 15.9 Å². The van der Waals surface area contributed by atoms with Crippen molar-refractivity contribution < 1.29 is 13.2 Å². The van der Waals surface area contributed by atoms with Crippen molar-refractivity contribution in [3.8, 4) is 0 Å². The predicted octanol–water partition coefficient (Wildman–Crippen LogP) is 2.85. The van der Waals surface area contributed by atoms with Crippen molar-refractivity contribution in [1.82, 2.24) is 14.6 Å². The van der Waals surface area contributed by atoms with E-state index in [1.54, 1.807) is 24.3 Å². The highest BCUT2D eigenvalue weighted by atomic mass is 79.9. The van der Waals surface area contributed by atoms with Gasteiger partial charge in [0.05, 0.1) is 0 Å². The maximum Gasteiger partial charge on any atom is 0.258 e. The standard InChI is InChI=1S/C17H22BrN3O3S/c1-21(2)25(23,24)16-10-11-7-8-12(9-15(11)19-16)17(22)20-14-6-4-3-5-13(14)18/h7-10,13-14,19H,3-6H2,1-2H3,(H,20,22). The van der Waals surface area contributed by atoms with E-state index in [2.05, 4.69) is 26.2 Å². The summed E-state index contributed by atoms with van der Waals surface area (Å²) in [6, 6.07) is 6.91. The van der Waals surface area contributed by atoms with Crippen molar-refractivity contribution in [2.45, 2.75) is 41.6 Å². The molecule has 1 aromatic carbocycles. The van der Waals surface area contributed by atoms with E-state index >= 15 is 0 Å². The maximum absolute atomic E-state index is 12.5. The number of rotatable bonds is 4. The zero-order valence-corrected chi connectivity index (χ0v) is 16.7. The number of amides is 1. The number of carbonyl (C=O) groups is 1. The van der Waals surface area contributed by atoms with Gasteiger partial charge in [-0.25, -0.2) is 12.7 Å². The second-order valence-corrected chi connectivity index (χ2v) is 9.90. The normalized spacial score (nSPS) is 21.6. The van der Waals surface area contributed by atoms with Gasteiger partial charge in [-0.15, -0.1) is 0 Å². The summed E-state index contributed by atoms with van der Waals surface area (Å²) in [7, 11) is -0.557. The van der Waals surface area contributed by atoms with E-state index in [1.165, 1.54) is 20.5 Å². The lowest BCUT2D eigenvalue weighted by Gasteiger charge is -2.28. The first kappa shape index (κ1) is 18.4. The molecular formula is C17H22BrN3O3S. The van der Waals surface area contributed by atoms with Crippen LogP contribution in [0, 0.1) is 0 Å². The smallest absolute Gasteiger partial charge is 0.258 e. The van der Waals surface area contributed by atoms with Crippen LogP contribution < -0.4 is 5.32 Å². The van der Waals surface area contributed by atoms with Gasteiger partial charge in [0.2, 0.25) is 0 Å². The predicted molar refractivity (Wildman–Crippen MR) is 102 cm³/mol. The fourth-order valence-corrected chi connectivity index (χ4v) is 4.71. The molecule has 1 amide bonds. The number of benzene rings is 1. The summed E-state index contributed by atoms with van der Waals surface area (Å²) in [5.41, 5.74) is 1.15. The quantitative estimate of drug-likeness (QED) is 0.735. The number of alkyl halides is 1. The minimum atomic E-state index is -3.53. The molecule has 1 aliphatic rings. The van der Waals surface area contributed by atoms with Gasteiger partial charge in [-0.2, -0.15) is 0 Å². The Morgan fingerprint density at radius 3 is 2.64 bits per heavy atom. The van der Waals surface area contributed by atoms with E-state index in [4.69, 9.17) is 0 Å². The van der Waals surface area contributed by atoms with Crippen molar-refractivity contribution in [3.63, 3.8) is 0 Å². The monoisotopic (exact) mass is 427 g/mol. The van der Waals surface area contributed by atoms with Crippen LogP contribution in [0.2, 0.25) is 0 Å². The zero-order valence-electron chi connectivity index (χ0n) is 14.3. The molecule has 0 spiro atoms. The number of hydrogen-bond donors (Lipinski definition) is 2. The van der Waals surface area contributed by atoms with E-state index in [9.17, 15) is 13.2 Å². The molecule has 25 heavy (non-hydrogen) atoms. The molecule has 1 saturated carbocycles. The third kappa shape index (κ3) is 3.75. The fourth-order valence-electron chi connectivity index (χ4n) is 3.08. The van der Waals surface area contributed by atoms with Gasteiger partial charge < -0.3 is 10.3 Å². The lowest BCUT2D eigenvalue weighted by atomic mass is 9.95. The van der Waals surface area contributed by atoms with Gasteiger partial charge >= 0.3 is 0 Å². The third-order valence-electron chi connectivity index (χ3n) is 4.62. The highest BCUT2D eigenvalue weighted by Gasteiger charge is 2.25. The molecule has 6 nitrogen and oxygen atoms in total. The number of H-pyrrole nitrogens is 1. The van der Waals surface area contributed by atoms with Crippen LogP contribution in [0.4, 0.5) is 0 Å². The number of nitrogens with one attached hydrogen (secondary N) is 2. The topological polar surface area (TPSA) is 82.3 Å². The molecule has 2 unspecified atom stereocenters. The van der Waals surface area contributed by atoms with Crippen LogP contribution in [0.25, 0.3) is 10.9 Å². The number of halogens is 1. The molecule has 0 radical (unpaired) electrons. The van der Waals surface area contributed by atoms with Crippen LogP contribution >= 0.6 is 15.9 Å². The van der Waals surface area contributed by atoms with Crippen molar-refractivity contribution in [2.24, 2.45) is 0 Å². The Labute approximate surface area is 156 Å². The van der Waals surface area contributed by atoms with Gasteiger partial charge in [0.25, 0.3) is 15.9 Å². The summed E-state index contributed by atoms with van der Waals surface area (Å²) < 4.78 is 25.6. The van der Waals surface area contributed by atoms with E-state index in [0.717, 1.165) is 29.0 Å². The molecule has 2 atom stereocenters. The second kappa shape index (κ2) is 7.09. The fraction of sp³-hybridized carbons (Fsp3) is 0.471. The van der Waals surface area contributed by atoms with Crippen LogP contribution in [-0.4, -0.2) is 48.6 Å². The number of fused-ring (bicyclic) bond motifs is 1. The van der Waals surface area contributed by atoms with Crippen LogP contribution in [-0.2, 0) is 10.0 Å². The van der Waals surface area contributed by atoms with Gasteiger partial charge in [0, 0.05) is 41.4 Å². The molecule has 0 bridgehead atoms. The van der Waals surface area contributed by atoms with Crippen molar-refractivity contribution >= 4 is 42.8 Å². The zero-order chi connectivity index (χ0) is 18.2. The summed E-state index contributed by atoms with van der Waals surface area (Å²) in [6.45, 7) is 0. The first-order chi connectivity index (χ1) is 11.8. The Balaban J connectivity index is 1.84. The molecule has 1 aromatic heterocycles. The molecule has 0 aliphatic heterocycles.